The van der Waals surface area contributed by atoms with E-state index in [-0.39, 0.29) is 30.0 Å². The van der Waals surface area contributed by atoms with Gasteiger partial charge in [-0.3, -0.25) is 24.3 Å². The summed E-state index contributed by atoms with van der Waals surface area (Å²) in [5.74, 6) is -1.20. The maximum absolute atomic E-state index is 14.9. The molecule has 51 heavy (non-hydrogen) atoms. The number of rotatable bonds is 12. The highest BCUT2D eigenvalue weighted by atomic mass is 35.5. The van der Waals surface area contributed by atoms with Gasteiger partial charge in [0.2, 0.25) is 0 Å². The van der Waals surface area contributed by atoms with Crippen LogP contribution in [0.2, 0.25) is 5.02 Å². The molecule has 4 aromatic rings. The fraction of sp³-hybridized carbons (Fsp3) is 0.444. The first-order chi connectivity index (χ1) is 24.1. The molecule has 2 aromatic carbocycles. The van der Waals surface area contributed by atoms with Gasteiger partial charge in [0.1, 0.15) is 12.9 Å². The summed E-state index contributed by atoms with van der Waals surface area (Å²) in [5.41, 5.74) is 4.76. The second kappa shape index (κ2) is 12.5. The first-order valence-corrected chi connectivity index (χ1v) is 17.2. The smallest absolute Gasteiger partial charge is 0.394 e. The van der Waals surface area contributed by atoms with Crippen LogP contribution in [0.3, 0.4) is 0 Å². The predicted octanol–water partition coefficient (Wildman–Crippen LogP) is 7.13. The number of nitrogens with one attached hydrogen (secondary N) is 1. The normalized spacial score (nSPS) is 20.7. The van der Waals surface area contributed by atoms with Gasteiger partial charge in [0.15, 0.2) is 17.3 Å². The highest BCUT2D eigenvalue weighted by Crippen LogP contribution is 2.51. The van der Waals surface area contributed by atoms with Crippen LogP contribution in [0.1, 0.15) is 82.5 Å². The van der Waals surface area contributed by atoms with Gasteiger partial charge in [0.05, 0.1) is 35.1 Å². The third-order valence-electron chi connectivity index (χ3n) is 10.2. The number of hydrogen-bond acceptors (Lipinski definition) is 8. The van der Waals surface area contributed by atoms with Crippen molar-refractivity contribution in [2.45, 2.75) is 83.1 Å². The highest BCUT2D eigenvalue weighted by Gasteiger charge is 2.59. The molecule has 1 amide bonds. The number of nitrogens with zero attached hydrogens (tertiary/aromatic N) is 6. The molecule has 2 saturated carbocycles. The minimum absolute atomic E-state index is 0.142. The van der Waals surface area contributed by atoms with E-state index in [1.54, 1.807) is 48.7 Å². The van der Waals surface area contributed by atoms with Crippen LogP contribution in [-0.4, -0.2) is 60.5 Å². The number of ether oxygens (including phenoxy) is 1. The van der Waals surface area contributed by atoms with Crippen LogP contribution in [0.5, 0.6) is 0 Å². The number of alkyl halides is 3. The highest BCUT2D eigenvalue weighted by molar-refractivity contribution is 6.33. The van der Waals surface area contributed by atoms with E-state index in [4.69, 9.17) is 22.1 Å². The summed E-state index contributed by atoms with van der Waals surface area (Å²) < 4.78 is 51.3. The average Bonchev–Trinajstić information content (AvgIpc) is 3.88. The van der Waals surface area contributed by atoms with Gasteiger partial charge in [0.25, 0.3) is 5.91 Å². The zero-order valence-corrected chi connectivity index (χ0v) is 29.1. The predicted molar refractivity (Wildman–Crippen MR) is 183 cm³/mol. The van der Waals surface area contributed by atoms with Crippen LogP contribution < -0.4 is 5.73 Å². The van der Waals surface area contributed by atoms with E-state index in [0.29, 0.717) is 28.0 Å². The Labute approximate surface area is 297 Å². The number of nitrogens with two attached hydrogens (primary N) is 1. The molecule has 2 aliphatic carbocycles. The van der Waals surface area contributed by atoms with Crippen LogP contribution in [0.15, 0.2) is 66.2 Å². The number of carbonyl (C=O) groups is 2. The number of guanidine groups is 1. The van der Waals surface area contributed by atoms with Crippen LogP contribution >= 0.6 is 11.6 Å². The van der Waals surface area contributed by atoms with Crippen LogP contribution in [0, 0.1) is 10.8 Å². The second-order valence-corrected chi connectivity index (χ2v) is 15.2. The number of aromatic nitrogens is 5. The molecule has 2 fully saturated rings. The van der Waals surface area contributed by atoms with Crippen molar-refractivity contribution in [2.24, 2.45) is 21.6 Å². The molecule has 0 radical (unpaired) electrons. The number of amides is 1. The van der Waals surface area contributed by atoms with E-state index in [0.717, 1.165) is 55.6 Å². The van der Waals surface area contributed by atoms with Crippen molar-refractivity contribution in [2.75, 3.05) is 6.61 Å². The first kappa shape index (κ1) is 34.7. The van der Waals surface area contributed by atoms with Crippen molar-refractivity contribution in [1.82, 2.24) is 29.9 Å². The number of hydrogen-bond donors (Lipinski definition) is 2. The SMILES string of the molecule is CC1(CC(=O)OC[C@H](c2ccc(Cl)c(-c3ncn[nH]3)c2)N2C(=O)[C@@](CC(C)(C)C(F)(F)F)(c3ccc(-c4cnn(C5CC5)c4)cc3)N=C2N)CC1. The van der Waals surface area contributed by atoms with Crippen molar-refractivity contribution in [3.05, 3.63) is 77.3 Å². The van der Waals surface area contributed by atoms with Gasteiger partial charge in [-0.05, 0) is 66.3 Å². The molecule has 1 aliphatic heterocycles. The van der Waals surface area contributed by atoms with E-state index >= 15 is 0 Å². The average molecular weight is 723 g/mol. The molecule has 7 rings (SSSR count). The Balaban J connectivity index is 1.28. The molecule has 3 heterocycles. The lowest BCUT2D eigenvalue weighted by molar-refractivity contribution is -0.218. The van der Waals surface area contributed by atoms with Gasteiger partial charge < -0.3 is 10.5 Å². The van der Waals surface area contributed by atoms with Crippen LogP contribution in [0.4, 0.5) is 13.2 Å². The molecular formula is C36H38ClF3N8O3. The van der Waals surface area contributed by atoms with Crippen molar-refractivity contribution in [1.29, 1.82) is 0 Å². The lowest BCUT2D eigenvalue weighted by Crippen LogP contribution is -2.49. The minimum atomic E-state index is -4.68. The monoisotopic (exact) mass is 722 g/mol. The van der Waals surface area contributed by atoms with E-state index in [9.17, 15) is 22.8 Å². The molecule has 3 N–H and O–H groups in total. The third kappa shape index (κ3) is 6.73. The van der Waals surface area contributed by atoms with Crippen LogP contribution in [0.25, 0.3) is 22.5 Å². The van der Waals surface area contributed by atoms with E-state index < -0.39 is 41.5 Å². The zero-order valence-electron chi connectivity index (χ0n) is 28.4. The summed E-state index contributed by atoms with van der Waals surface area (Å²) in [7, 11) is 0. The fourth-order valence-electron chi connectivity index (χ4n) is 6.56. The Morgan fingerprint density at radius 1 is 1.14 bits per heavy atom. The third-order valence-corrected chi connectivity index (χ3v) is 10.6. The number of esters is 1. The molecular weight excluding hydrogens is 685 g/mol. The largest absolute Gasteiger partial charge is 0.463 e. The van der Waals surface area contributed by atoms with E-state index in [1.807, 2.05) is 17.8 Å². The lowest BCUT2D eigenvalue weighted by Gasteiger charge is -2.37. The van der Waals surface area contributed by atoms with Gasteiger partial charge in [0, 0.05) is 17.3 Å². The van der Waals surface area contributed by atoms with Gasteiger partial charge >= 0.3 is 12.1 Å². The summed E-state index contributed by atoms with van der Waals surface area (Å²) in [4.78, 5) is 37.8. The van der Waals surface area contributed by atoms with Crippen molar-refractivity contribution in [3.63, 3.8) is 0 Å². The van der Waals surface area contributed by atoms with Gasteiger partial charge in [-0.1, -0.05) is 62.7 Å². The number of halogens is 4. The summed E-state index contributed by atoms with van der Waals surface area (Å²) in [5, 5.41) is 11.4. The maximum atomic E-state index is 14.9. The molecule has 2 atom stereocenters. The molecule has 0 saturated heterocycles. The molecule has 11 nitrogen and oxygen atoms in total. The second-order valence-electron chi connectivity index (χ2n) is 14.8. The number of aliphatic imine (C=N–C) groups is 1. The minimum Gasteiger partial charge on any atom is -0.463 e. The molecule has 268 valence electrons. The number of aromatic amines is 1. The molecule has 0 spiro atoms. The topological polar surface area (TPSA) is 144 Å². The maximum Gasteiger partial charge on any atom is 0.394 e. The molecule has 3 aliphatic rings. The number of carbonyl (C=O) groups excluding carboxylic acids is 2. The Kier molecular flexibility index (Phi) is 8.51. The van der Waals surface area contributed by atoms with Gasteiger partial charge in [-0.25, -0.2) is 9.98 Å². The van der Waals surface area contributed by atoms with E-state index in [1.165, 1.54) is 6.33 Å². The van der Waals surface area contributed by atoms with E-state index in [2.05, 4.69) is 25.3 Å². The Morgan fingerprint density at radius 3 is 2.49 bits per heavy atom. The summed E-state index contributed by atoms with van der Waals surface area (Å²) in [6, 6.07) is 10.9. The van der Waals surface area contributed by atoms with Gasteiger partial charge in [-0.2, -0.15) is 23.4 Å². The Hall–Kier alpha value is -4.72. The lowest BCUT2D eigenvalue weighted by atomic mass is 9.74. The van der Waals surface area contributed by atoms with Gasteiger partial charge in [-0.15, -0.1) is 0 Å². The zero-order chi connectivity index (χ0) is 36.3. The molecule has 15 heteroatoms. The standard InChI is InChI=1S/C36H38ClF3N8O3/c1-33(2,36(38,39)40)19-35(24-7-4-21(5-8-24)23-16-44-47(17-23)25-9-10-25)31(50)48(32(41)45-35)28(18-51-29(49)15-34(3)12-13-34)22-6-11-27(37)26(14-22)30-42-20-43-46-30/h4-8,11,14,16-17,20,25,28H,9-10,12-13,15,18-19H2,1-3H3,(H2,41,45)(H,42,43,46)/t28-,35-/m1/s1. The van der Waals surface area contributed by atoms with Crippen molar-refractivity contribution >= 4 is 29.4 Å². The summed E-state index contributed by atoms with van der Waals surface area (Å²) in [6.45, 7) is 3.73. The fourth-order valence-corrected chi connectivity index (χ4v) is 6.77. The summed E-state index contributed by atoms with van der Waals surface area (Å²) >= 11 is 6.52. The van der Waals surface area contributed by atoms with Crippen molar-refractivity contribution in [3.8, 4) is 22.5 Å². The molecule has 0 unspecified atom stereocenters. The van der Waals surface area contributed by atoms with Crippen LogP contribution in [-0.2, 0) is 19.9 Å². The number of H-pyrrole nitrogens is 1. The Bertz CT molecular complexity index is 1980. The molecule has 2 aromatic heterocycles. The number of benzene rings is 2. The summed E-state index contributed by atoms with van der Waals surface area (Å²) in [6.07, 6.45) is 3.69. The quantitative estimate of drug-likeness (QED) is 0.148. The Morgan fingerprint density at radius 2 is 1.86 bits per heavy atom. The van der Waals surface area contributed by atoms with Crippen molar-refractivity contribution < 1.29 is 27.5 Å². The first-order valence-electron chi connectivity index (χ1n) is 16.8. The molecule has 0 bridgehead atoms.